The highest BCUT2D eigenvalue weighted by Gasteiger charge is 2.36. The van der Waals surface area contributed by atoms with E-state index < -0.39 is 36.7 Å². The number of amides is 3. The number of rotatable bonds is 8. The summed E-state index contributed by atoms with van der Waals surface area (Å²) in [6, 6.07) is 12.5. The molecule has 2 aromatic rings. The van der Waals surface area contributed by atoms with Crippen molar-refractivity contribution in [3.8, 4) is 0 Å². The van der Waals surface area contributed by atoms with Gasteiger partial charge in [0.05, 0.1) is 11.1 Å². The molecule has 0 aromatic heterocycles. The number of carbonyl (C=O) groups is 5. The van der Waals surface area contributed by atoms with Gasteiger partial charge in [-0.15, -0.1) is 0 Å². The third kappa shape index (κ3) is 4.60. The average molecular weight is 408 g/mol. The van der Waals surface area contributed by atoms with Gasteiger partial charge in [0.25, 0.3) is 11.8 Å². The van der Waals surface area contributed by atoms with E-state index in [1.165, 1.54) is 24.3 Å². The molecule has 0 unspecified atom stereocenters. The number of fused-ring (bicyclic) bond motifs is 1. The van der Waals surface area contributed by atoms with E-state index in [-0.39, 0.29) is 17.0 Å². The summed E-state index contributed by atoms with van der Waals surface area (Å²) in [6.07, 6.45) is 1.14. The number of carbonyl (C=O) groups excluding carboxylic acids is 5. The summed E-state index contributed by atoms with van der Waals surface area (Å²) >= 11 is 0. The topological polar surface area (TPSA) is 110 Å². The van der Waals surface area contributed by atoms with Gasteiger partial charge in [-0.2, -0.15) is 0 Å². The lowest BCUT2D eigenvalue weighted by Crippen LogP contribution is -2.36. The minimum absolute atomic E-state index is 0.112. The minimum atomic E-state index is -0.860. The quantitative estimate of drug-likeness (QED) is 0.408. The Hall–Kier alpha value is -3.81. The molecule has 0 aliphatic carbocycles. The molecule has 1 N–H and O–H groups in total. The smallest absolute Gasteiger partial charge is 0.326 e. The van der Waals surface area contributed by atoms with E-state index in [9.17, 15) is 24.0 Å². The molecule has 0 saturated carbocycles. The summed E-state index contributed by atoms with van der Waals surface area (Å²) in [5, 5.41) is 2.71. The SMILES string of the molecule is CCCC(=O)Nc1ccc(C(=O)COC(=O)CN2C(=O)c3ccccc3C2=O)cc1. The number of ether oxygens (including phenoxy) is 1. The van der Waals surface area contributed by atoms with Gasteiger partial charge in [-0.05, 0) is 42.8 Å². The fourth-order valence-electron chi connectivity index (χ4n) is 2.98. The monoisotopic (exact) mass is 408 g/mol. The number of Topliss-reactive ketones (excluding diaryl/α,β-unsaturated/α-hetero) is 1. The number of benzene rings is 2. The zero-order chi connectivity index (χ0) is 21.7. The van der Waals surface area contributed by atoms with Gasteiger partial charge in [-0.25, -0.2) is 0 Å². The van der Waals surface area contributed by atoms with Crippen molar-refractivity contribution in [2.24, 2.45) is 0 Å². The first kappa shape index (κ1) is 20.9. The number of esters is 1. The van der Waals surface area contributed by atoms with Crippen molar-refractivity contribution in [1.82, 2.24) is 4.90 Å². The van der Waals surface area contributed by atoms with Crippen molar-refractivity contribution in [3.05, 3.63) is 65.2 Å². The summed E-state index contributed by atoms with van der Waals surface area (Å²) in [6.45, 7) is 0.808. The Balaban J connectivity index is 1.51. The second-order valence-corrected chi connectivity index (χ2v) is 6.70. The van der Waals surface area contributed by atoms with Gasteiger partial charge < -0.3 is 10.1 Å². The van der Waals surface area contributed by atoms with Gasteiger partial charge in [-0.1, -0.05) is 19.1 Å². The second-order valence-electron chi connectivity index (χ2n) is 6.70. The molecule has 154 valence electrons. The van der Waals surface area contributed by atoms with E-state index in [0.29, 0.717) is 17.7 Å². The maximum Gasteiger partial charge on any atom is 0.326 e. The van der Waals surface area contributed by atoms with E-state index >= 15 is 0 Å². The van der Waals surface area contributed by atoms with Crippen LogP contribution in [0.15, 0.2) is 48.5 Å². The second kappa shape index (κ2) is 9.13. The van der Waals surface area contributed by atoms with E-state index in [2.05, 4.69) is 5.32 Å². The third-order valence-corrected chi connectivity index (χ3v) is 4.50. The van der Waals surface area contributed by atoms with E-state index in [1.54, 1.807) is 24.3 Å². The summed E-state index contributed by atoms with van der Waals surface area (Å²) in [5.41, 5.74) is 1.33. The lowest BCUT2D eigenvalue weighted by Gasteiger charge is -2.13. The number of hydrogen-bond donors (Lipinski definition) is 1. The fourth-order valence-corrected chi connectivity index (χ4v) is 2.98. The van der Waals surface area contributed by atoms with Crippen molar-refractivity contribution < 1.29 is 28.7 Å². The summed E-state index contributed by atoms with van der Waals surface area (Å²) in [4.78, 5) is 61.1. The molecule has 0 atom stereocenters. The number of nitrogens with one attached hydrogen (secondary N) is 1. The number of ketones is 1. The van der Waals surface area contributed by atoms with Crippen LogP contribution in [0.4, 0.5) is 5.69 Å². The van der Waals surface area contributed by atoms with Crippen LogP contribution >= 0.6 is 0 Å². The van der Waals surface area contributed by atoms with Crippen LogP contribution in [0, 0.1) is 0 Å². The molecular formula is C22H20N2O6. The highest BCUT2D eigenvalue weighted by atomic mass is 16.5. The number of nitrogens with zero attached hydrogens (tertiary/aromatic N) is 1. The number of anilines is 1. The zero-order valence-corrected chi connectivity index (χ0v) is 16.3. The normalized spacial score (nSPS) is 12.5. The largest absolute Gasteiger partial charge is 0.456 e. The van der Waals surface area contributed by atoms with Crippen molar-refractivity contribution in [1.29, 1.82) is 0 Å². The van der Waals surface area contributed by atoms with Crippen LogP contribution in [0.5, 0.6) is 0 Å². The molecule has 1 heterocycles. The van der Waals surface area contributed by atoms with Crippen LogP contribution < -0.4 is 5.32 Å². The van der Waals surface area contributed by atoms with E-state index in [1.807, 2.05) is 6.92 Å². The Bertz CT molecular complexity index is 978. The van der Waals surface area contributed by atoms with E-state index in [0.717, 1.165) is 11.3 Å². The van der Waals surface area contributed by atoms with Gasteiger partial charge in [0.2, 0.25) is 5.91 Å². The first-order chi connectivity index (χ1) is 14.4. The molecule has 8 heteroatoms. The fraction of sp³-hybridized carbons (Fsp3) is 0.227. The van der Waals surface area contributed by atoms with Crippen molar-refractivity contribution >= 4 is 35.2 Å². The summed E-state index contributed by atoms with van der Waals surface area (Å²) in [5.74, 6) is -2.56. The first-order valence-corrected chi connectivity index (χ1v) is 9.44. The standard InChI is InChI=1S/C22H20N2O6/c1-2-5-19(26)23-15-10-8-14(9-11-15)18(25)13-30-20(27)12-24-21(28)16-6-3-4-7-17(16)22(24)29/h3-4,6-11H,2,5,12-13H2,1H3,(H,23,26). The molecule has 0 saturated heterocycles. The summed E-state index contributed by atoms with van der Waals surface area (Å²) in [7, 11) is 0. The van der Waals surface area contributed by atoms with Crippen LogP contribution in [0.1, 0.15) is 50.8 Å². The first-order valence-electron chi connectivity index (χ1n) is 9.44. The van der Waals surface area contributed by atoms with Crippen LogP contribution in [0.3, 0.4) is 0 Å². The molecule has 2 aromatic carbocycles. The third-order valence-electron chi connectivity index (χ3n) is 4.50. The van der Waals surface area contributed by atoms with Crippen molar-refractivity contribution in [3.63, 3.8) is 0 Å². The Kier molecular flexibility index (Phi) is 6.36. The van der Waals surface area contributed by atoms with Crippen molar-refractivity contribution in [2.75, 3.05) is 18.5 Å². The lowest BCUT2D eigenvalue weighted by molar-refractivity contribution is -0.142. The highest BCUT2D eigenvalue weighted by molar-refractivity contribution is 6.22. The van der Waals surface area contributed by atoms with Gasteiger partial charge in [-0.3, -0.25) is 28.9 Å². The molecule has 1 aliphatic rings. The van der Waals surface area contributed by atoms with Crippen molar-refractivity contribution in [2.45, 2.75) is 19.8 Å². The van der Waals surface area contributed by atoms with Gasteiger partial charge >= 0.3 is 5.97 Å². The van der Waals surface area contributed by atoms with Crippen LogP contribution in [-0.2, 0) is 14.3 Å². The molecule has 3 amide bonds. The zero-order valence-electron chi connectivity index (χ0n) is 16.3. The molecule has 3 rings (SSSR count). The minimum Gasteiger partial charge on any atom is -0.456 e. The van der Waals surface area contributed by atoms with Crippen LogP contribution in [0.2, 0.25) is 0 Å². The number of hydrogen-bond acceptors (Lipinski definition) is 6. The Morgan fingerprint density at radius 2 is 1.53 bits per heavy atom. The van der Waals surface area contributed by atoms with Crippen LogP contribution in [0.25, 0.3) is 0 Å². The molecule has 1 aliphatic heterocycles. The van der Waals surface area contributed by atoms with Gasteiger partial charge in [0, 0.05) is 17.7 Å². The molecule has 0 radical (unpaired) electrons. The maximum absolute atomic E-state index is 12.3. The number of imide groups is 1. The van der Waals surface area contributed by atoms with Crippen LogP contribution in [-0.4, -0.2) is 47.5 Å². The predicted molar refractivity (Wildman–Crippen MR) is 107 cm³/mol. The summed E-state index contributed by atoms with van der Waals surface area (Å²) < 4.78 is 4.94. The molecular weight excluding hydrogens is 388 g/mol. The van der Waals surface area contributed by atoms with Gasteiger partial charge in [0.1, 0.15) is 6.54 Å². The predicted octanol–water partition coefficient (Wildman–Crippen LogP) is 2.45. The molecule has 0 bridgehead atoms. The Labute approximate surface area is 172 Å². The van der Waals surface area contributed by atoms with E-state index in [4.69, 9.17) is 4.74 Å². The van der Waals surface area contributed by atoms with Gasteiger partial charge in [0.15, 0.2) is 12.4 Å². The Morgan fingerprint density at radius 3 is 2.10 bits per heavy atom. The highest BCUT2D eigenvalue weighted by Crippen LogP contribution is 2.22. The maximum atomic E-state index is 12.3. The molecule has 8 nitrogen and oxygen atoms in total. The molecule has 0 fully saturated rings. The average Bonchev–Trinajstić information content (AvgIpc) is 2.98. The Morgan fingerprint density at radius 1 is 0.933 bits per heavy atom. The lowest BCUT2D eigenvalue weighted by atomic mass is 10.1. The molecule has 0 spiro atoms. The molecule has 30 heavy (non-hydrogen) atoms.